The minimum absolute atomic E-state index is 0. The zero-order valence-electron chi connectivity index (χ0n) is 31.6. The molecule has 0 atom stereocenters. The summed E-state index contributed by atoms with van der Waals surface area (Å²) in [4.78, 5) is 64.8. The van der Waals surface area contributed by atoms with Crippen LogP contribution in [0.25, 0.3) is 90.9 Å². The standard InChI is InChI=1S/C48H30N4O8.Mn/c53-45(54)29-9-1-25(2-10-29)41-33-17-19-35(49-33)42(26-3-11-30(12-4-26)46(55)56)37-21-23-39(51-37)44(28-7-15-32(16-8-28)48(59)60)40-24-22-38(52-40)43(36-20-18-34(41)50-36)27-5-13-31(14-6-27)47(57)58;/h1-24,49-50H,(H,53,54)(H,55,56)(H,57,58)(H,59,60);/q;+2. The largest absolute Gasteiger partial charge is 2.00 e. The van der Waals surface area contributed by atoms with Gasteiger partial charge in [-0.3, -0.25) is 0 Å². The molecule has 8 bridgehead atoms. The number of rotatable bonds is 8. The Kier molecular flexibility index (Phi) is 10.4. The van der Waals surface area contributed by atoms with Gasteiger partial charge in [0.2, 0.25) is 0 Å². The summed E-state index contributed by atoms with van der Waals surface area (Å²) >= 11 is 0. The number of aromatic nitrogens is 4. The predicted molar refractivity (Wildman–Crippen MR) is 228 cm³/mol. The van der Waals surface area contributed by atoms with E-state index in [1.54, 1.807) is 48.5 Å². The average Bonchev–Trinajstić information content (AvgIpc) is 4.10. The van der Waals surface area contributed by atoms with Crippen LogP contribution >= 0.6 is 0 Å². The molecule has 0 saturated heterocycles. The van der Waals surface area contributed by atoms with Crippen molar-refractivity contribution in [3.05, 3.63) is 166 Å². The van der Waals surface area contributed by atoms with Gasteiger partial charge in [0, 0.05) is 44.3 Å². The topological polar surface area (TPSA) is 207 Å². The van der Waals surface area contributed by atoms with Crippen molar-refractivity contribution in [2.75, 3.05) is 0 Å². The number of hydrogen-bond donors (Lipinski definition) is 6. The van der Waals surface area contributed by atoms with Crippen LogP contribution in [0.15, 0.2) is 121 Å². The number of hydrogen-bond acceptors (Lipinski definition) is 6. The summed E-state index contributed by atoms with van der Waals surface area (Å²) in [6.07, 6.45) is 7.42. The third-order valence-corrected chi connectivity index (χ3v) is 10.4. The number of nitrogens with zero attached hydrogens (tertiary/aromatic N) is 2. The van der Waals surface area contributed by atoms with E-state index in [9.17, 15) is 39.6 Å². The van der Waals surface area contributed by atoms with Crippen LogP contribution in [-0.2, 0) is 17.1 Å². The van der Waals surface area contributed by atoms with Crippen molar-refractivity contribution in [2.24, 2.45) is 0 Å². The Labute approximate surface area is 356 Å². The smallest absolute Gasteiger partial charge is 0.478 e. The molecule has 4 aromatic carbocycles. The van der Waals surface area contributed by atoms with Crippen LogP contribution in [0.4, 0.5) is 0 Å². The normalized spacial score (nSPS) is 11.5. The summed E-state index contributed by atoms with van der Waals surface area (Å²) in [6.45, 7) is 0. The van der Waals surface area contributed by atoms with Crippen LogP contribution in [0.5, 0.6) is 0 Å². The van der Waals surface area contributed by atoms with Gasteiger partial charge in [0.05, 0.1) is 45.0 Å². The summed E-state index contributed by atoms with van der Waals surface area (Å²) in [6, 6.07) is 33.6. The minimum atomic E-state index is -1.07. The van der Waals surface area contributed by atoms with E-state index < -0.39 is 23.9 Å². The fourth-order valence-electron chi connectivity index (χ4n) is 7.54. The van der Waals surface area contributed by atoms with Crippen molar-refractivity contribution < 1.29 is 56.7 Å². The molecule has 3 aromatic heterocycles. The number of carboxylic acid groups (broad SMARTS) is 4. The van der Waals surface area contributed by atoms with Crippen molar-refractivity contribution in [1.82, 2.24) is 19.9 Å². The first-order valence-electron chi connectivity index (χ1n) is 18.5. The molecule has 295 valence electrons. The van der Waals surface area contributed by atoms with E-state index in [1.165, 1.54) is 48.5 Å². The number of aromatic amines is 2. The molecule has 9 rings (SSSR count). The van der Waals surface area contributed by atoms with Crippen molar-refractivity contribution >= 4 is 70.2 Å². The third kappa shape index (κ3) is 7.42. The number of benzene rings is 4. The Hall–Kier alpha value is -8.12. The van der Waals surface area contributed by atoms with E-state index in [4.69, 9.17) is 9.97 Å². The molecular formula is C48H30MnN4O8+2. The van der Waals surface area contributed by atoms with Crippen LogP contribution in [0.1, 0.15) is 64.2 Å². The van der Waals surface area contributed by atoms with Crippen molar-refractivity contribution in [2.45, 2.75) is 0 Å². The van der Waals surface area contributed by atoms with Gasteiger partial charge in [-0.05, 0) is 119 Å². The molecule has 2 aliphatic rings. The number of aromatic carboxylic acids is 4. The molecule has 2 aliphatic heterocycles. The van der Waals surface area contributed by atoms with E-state index in [0.717, 1.165) is 0 Å². The average molecular weight is 846 g/mol. The quantitative estimate of drug-likeness (QED) is 0.0798. The molecule has 7 aromatic rings. The molecule has 0 spiro atoms. The predicted octanol–water partition coefficient (Wildman–Crippen LogP) is 10.1. The van der Waals surface area contributed by atoms with Gasteiger partial charge in [-0.1, -0.05) is 48.5 Å². The summed E-state index contributed by atoms with van der Waals surface area (Å²) in [5.74, 6) is -4.25. The molecule has 0 fully saturated rings. The second-order valence-corrected chi connectivity index (χ2v) is 14.0. The molecule has 1 radical (unpaired) electrons. The zero-order valence-corrected chi connectivity index (χ0v) is 32.7. The van der Waals surface area contributed by atoms with Crippen molar-refractivity contribution in [3.63, 3.8) is 0 Å². The van der Waals surface area contributed by atoms with Gasteiger partial charge >= 0.3 is 40.9 Å². The van der Waals surface area contributed by atoms with E-state index in [-0.39, 0.29) is 39.3 Å². The van der Waals surface area contributed by atoms with Gasteiger partial charge in [-0.15, -0.1) is 0 Å². The fourth-order valence-corrected chi connectivity index (χ4v) is 7.54. The van der Waals surface area contributed by atoms with Gasteiger partial charge in [0.25, 0.3) is 0 Å². The Balaban J connectivity index is 0.00000514. The number of nitrogens with one attached hydrogen (secondary N) is 2. The van der Waals surface area contributed by atoms with E-state index >= 15 is 0 Å². The molecule has 12 nitrogen and oxygen atoms in total. The zero-order chi connectivity index (χ0) is 41.7. The van der Waals surface area contributed by atoms with Gasteiger partial charge in [-0.25, -0.2) is 29.1 Å². The molecule has 5 heterocycles. The van der Waals surface area contributed by atoms with E-state index in [0.29, 0.717) is 89.4 Å². The maximum Gasteiger partial charge on any atom is 2.00 e. The molecule has 0 aliphatic carbocycles. The Bertz CT molecular complexity index is 3030. The van der Waals surface area contributed by atoms with Crippen LogP contribution in [0, 0.1) is 0 Å². The fraction of sp³-hybridized carbons (Fsp3) is 0. The first-order chi connectivity index (χ1) is 29.0. The molecule has 6 N–H and O–H groups in total. The number of carboxylic acids is 4. The number of fused-ring (bicyclic) bond motifs is 8. The van der Waals surface area contributed by atoms with E-state index in [1.807, 2.05) is 48.6 Å². The number of carbonyl (C=O) groups is 4. The second-order valence-electron chi connectivity index (χ2n) is 14.0. The van der Waals surface area contributed by atoms with Crippen LogP contribution in [-0.4, -0.2) is 64.2 Å². The van der Waals surface area contributed by atoms with Crippen LogP contribution < -0.4 is 0 Å². The Morgan fingerprint density at radius 1 is 0.328 bits per heavy atom. The Morgan fingerprint density at radius 3 is 0.836 bits per heavy atom. The van der Waals surface area contributed by atoms with E-state index in [2.05, 4.69) is 9.97 Å². The van der Waals surface area contributed by atoms with Crippen molar-refractivity contribution in [3.8, 4) is 44.5 Å². The third-order valence-electron chi connectivity index (χ3n) is 10.4. The van der Waals surface area contributed by atoms with Gasteiger partial charge in [-0.2, -0.15) is 0 Å². The summed E-state index contributed by atoms with van der Waals surface area (Å²) < 4.78 is 0. The monoisotopic (exact) mass is 845 g/mol. The minimum Gasteiger partial charge on any atom is -0.478 e. The summed E-state index contributed by atoms with van der Waals surface area (Å²) in [7, 11) is 0. The van der Waals surface area contributed by atoms with Crippen LogP contribution in [0.2, 0.25) is 0 Å². The van der Waals surface area contributed by atoms with Gasteiger partial charge < -0.3 is 30.4 Å². The molecule has 61 heavy (non-hydrogen) atoms. The number of H-pyrrole nitrogens is 2. The maximum absolute atomic E-state index is 11.8. The molecule has 0 unspecified atom stereocenters. The molecule has 0 saturated carbocycles. The van der Waals surface area contributed by atoms with Gasteiger partial charge in [0.15, 0.2) is 0 Å². The molecule has 13 heteroatoms. The maximum atomic E-state index is 11.8. The van der Waals surface area contributed by atoms with Crippen LogP contribution in [0.3, 0.4) is 0 Å². The SMILES string of the molecule is O=C(O)c1ccc(-c2c3nc(c(-c4ccc(C(=O)O)cc4)c4ccc([nH]4)c(-c4ccc(C(=O)O)cc4)c4ccc([nH]4)c(-c4ccc(C(=O)O)cc4)c4nc2C=C4)C=C3)cc1.[Mn+2]. The summed E-state index contributed by atoms with van der Waals surface area (Å²) in [5, 5.41) is 38.7. The van der Waals surface area contributed by atoms with Gasteiger partial charge in [0.1, 0.15) is 0 Å². The van der Waals surface area contributed by atoms with Crippen molar-refractivity contribution in [1.29, 1.82) is 0 Å². The molecular weight excluding hydrogens is 815 g/mol. The first-order valence-corrected chi connectivity index (χ1v) is 18.5. The second kappa shape index (κ2) is 15.9. The molecule has 0 amide bonds. The summed E-state index contributed by atoms with van der Waals surface area (Å²) in [5.41, 5.74) is 10.7. The Morgan fingerprint density at radius 2 is 0.557 bits per heavy atom. The first kappa shape index (κ1) is 39.7.